The molecular weight excluding hydrogens is 485 g/mol. The Kier molecular flexibility index (Phi) is 8.46. The van der Waals surface area contributed by atoms with Gasteiger partial charge in [-0.1, -0.05) is 24.3 Å². The number of hydrogen-bond acceptors (Lipinski definition) is 4. The Morgan fingerprint density at radius 1 is 0.972 bits per heavy atom. The number of ether oxygens (including phenoxy) is 2. The van der Waals surface area contributed by atoms with E-state index >= 15 is 0 Å². The van der Waals surface area contributed by atoms with Gasteiger partial charge in [-0.15, -0.1) is 24.5 Å². The Bertz CT molecular complexity index is 1210. The van der Waals surface area contributed by atoms with Crippen LogP contribution >= 0.6 is 11.3 Å². The third-order valence-electron chi connectivity index (χ3n) is 6.11. The Labute approximate surface area is 213 Å². The molecule has 0 spiro atoms. The molecule has 0 N–H and O–H groups in total. The van der Waals surface area contributed by atoms with E-state index in [0.717, 1.165) is 33.7 Å². The summed E-state index contributed by atoms with van der Waals surface area (Å²) in [5, 5.41) is 0. The second-order valence-electron chi connectivity index (χ2n) is 8.72. The number of thiophene rings is 1. The molecule has 0 unspecified atom stereocenters. The molecule has 0 aliphatic rings. The molecule has 3 aromatic rings. The maximum Gasteiger partial charge on any atom is 0.416 e. The Hall–Kier alpha value is -3.32. The van der Waals surface area contributed by atoms with E-state index in [9.17, 15) is 18.0 Å². The first kappa shape index (κ1) is 27.3. The number of alkyl halides is 3. The summed E-state index contributed by atoms with van der Waals surface area (Å²) in [6, 6.07) is 12.6. The summed E-state index contributed by atoms with van der Waals surface area (Å²) >= 11 is 1.37. The maximum atomic E-state index is 13.0. The van der Waals surface area contributed by atoms with Gasteiger partial charge in [0.05, 0.1) is 19.3 Å². The minimum atomic E-state index is -4.37. The van der Waals surface area contributed by atoms with Crippen molar-refractivity contribution in [1.29, 1.82) is 0 Å². The summed E-state index contributed by atoms with van der Waals surface area (Å²) in [6.45, 7) is 12.0. The van der Waals surface area contributed by atoms with E-state index in [1.807, 2.05) is 44.2 Å². The van der Waals surface area contributed by atoms with Crippen LogP contribution in [0.1, 0.15) is 44.1 Å². The fourth-order valence-electron chi connectivity index (χ4n) is 4.37. The molecular formula is C29H29F3O3S. The van der Waals surface area contributed by atoms with E-state index in [1.165, 1.54) is 30.6 Å². The van der Waals surface area contributed by atoms with Crippen LogP contribution in [-0.4, -0.2) is 19.7 Å². The van der Waals surface area contributed by atoms with Gasteiger partial charge in [-0.2, -0.15) is 13.2 Å². The van der Waals surface area contributed by atoms with Gasteiger partial charge in [-0.05, 0) is 85.3 Å². The second-order valence-corrected chi connectivity index (χ2v) is 9.80. The van der Waals surface area contributed by atoms with Crippen molar-refractivity contribution in [2.45, 2.75) is 38.3 Å². The van der Waals surface area contributed by atoms with E-state index in [4.69, 9.17) is 9.47 Å². The number of carbonyl (C=O) groups is 1. The Balaban J connectivity index is 1.90. The summed E-state index contributed by atoms with van der Waals surface area (Å²) in [4.78, 5) is 13.5. The summed E-state index contributed by atoms with van der Waals surface area (Å²) in [7, 11) is 1.35. The lowest BCUT2D eigenvalue weighted by molar-refractivity contribution is -0.137. The molecule has 0 saturated heterocycles. The van der Waals surface area contributed by atoms with Crippen LogP contribution in [0.2, 0.25) is 0 Å². The van der Waals surface area contributed by atoms with Crippen LogP contribution in [0, 0.1) is 13.8 Å². The number of esters is 1. The third-order valence-corrected chi connectivity index (χ3v) is 7.42. The van der Waals surface area contributed by atoms with Crippen LogP contribution in [0.4, 0.5) is 13.2 Å². The van der Waals surface area contributed by atoms with Crippen LogP contribution in [0.15, 0.2) is 73.8 Å². The van der Waals surface area contributed by atoms with Crippen molar-refractivity contribution in [2.24, 2.45) is 0 Å². The molecule has 0 aliphatic heterocycles. The predicted octanol–water partition coefficient (Wildman–Crippen LogP) is 8.31. The standard InChI is InChI=1S/C29H29F3O3S/c1-6-14-28(15-7-2,25-13-12-24(36-25)27(33)34-5)18-35-23-16-19(3)26(20(4)17-23)21-8-10-22(11-9-21)29(30,31)32/h6-13,16-17H,1-2,14-15,18H2,3-5H3. The minimum absolute atomic E-state index is 0.324. The van der Waals surface area contributed by atoms with Crippen molar-refractivity contribution >= 4 is 17.3 Å². The molecule has 1 aromatic heterocycles. The van der Waals surface area contributed by atoms with Crippen LogP contribution in [0.5, 0.6) is 5.75 Å². The topological polar surface area (TPSA) is 35.5 Å². The molecule has 2 aromatic carbocycles. The van der Waals surface area contributed by atoms with Crippen molar-refractivity contribution < 1.29 is 27.4 Å². The Morgan fingerprint density at radius 3 is 2.06 bits per heavy atom. The largest absolute Gasteiger partial charge is 0.493 e. The summed E-state index contributed by atoms with van der Waals surface area (Å²) < 4.78 is 50.0. The highest BCUT2D eigenvalue weighted by atomic mass is 32.1. The van der Waals surface area contributed by atoms with Gasteiger partial charge in [0.1, 0.15) is 10.6 Å². The first-order valence-electron chi connectivity index (χ1n) is 11.4. The van der Waals surface area contributed by atoms with E-state index in [0.29, 0.717) is 35.6 Å². The molecule has 0 fully saturated rings. The molecule has 3 rings (SSSR count). The van der Waals surface area contributed by atoms with Gasteiger partial charge in [0.25, 0.3) is 0 Å². The Morgan fingerprint density at radius 2 is 1.56 bits per heavy atom. The summed E-state index contributed by atoms with van der Waals surface area (Å²) in [5.41, 5.74) is 2.24. The number of aryl methyl sites for hydroxylation is 2. The molecule has 0 amide bonds. The van der Waals surface area contributed by atoms with Gasteiger partial charge >= 0.3 is 12.1 Å². The van der Waals surface area contributed by atoms with Crippen LogP contribution in [0.25, 0.3) is 11.1 Å². The molecule has 7 heteroatoms. The van der Waals surface area contributed by atoms with Gasteiger partial charge in [0.15, 0.2) is 0 Å². The number of rotatable bonds is 10. The lowest BCUT2D eigenvalue weighted by Crippen LogP contribution is -2.31. The number of methoxy groups -OCH3 is 1. The number of allylic oxidation sites excluding steroid dienone is 2. The van der Waals surface area contributed by atoms with Crippen molar-refractivity contribution in [3.63, 3.8) is 0 Å². The van der Waals surface area contributed by atoms with E-state index in [1.54, 1.807) is 6.07 Å². The zero-order chi connectivity index (χ0) is 26.5. The van der Waals surface area contributed by atoms with Crippen molar-refractivity contribution in [2.75, 3.05) is 13.7 Å². The highest BCUT2D eigenvalue weighted by Crippen LogP contribution is 2.39. The molecule has 3 nitrogen and oxygen atoms in total. The van der Waals surface area contributed by atoms with Crippen molar-refractivity contribution in [3.05, 3.63) is 100 Å². The lowest BCUT2D eigenvalue weighted by Gasteiger charge is -2.31. The monoisotopic (exact) mass is 514 g/mol. The van der Waals surface area contributed by atoms with Crippen molar-refractivity contribution in [1.82, 2.24) is 0 Å². The quantitative estimate of drug-likeness (QED) is 0.202. The zero-order valence-corrected chi connectivity index (χ0v) is 21.4. The van der Waals surface area contributed by atoms with E-state index in [2.05, 4.69) is 13.2 Å². The first-order chi connectivity index (χ1) is 17.0. The van der Waals surface area contributed by atoms with Gasteiger partial charge in [-0.25, -0.2) is 4.79 Å². The first-order valence-corrected chi connectivity index (χ1v) is 12.2. The van der Waals surface area contributed by atoms with Crippen LogP contribution in [-0.2, 0) is 16.3 Å². The highest BCUT2D eigenvalue weighted by molar-refractivity contribution is 7.14. The summed E-state index contributed by atoms with van der Waals surface area (Å²) in [5.74, 6) is 0.270. The SMILES string of the molecule is C=CCC(CC=C)(COc1cc(C)c(-c2ccc(C(F)(F)F)cc2)c(C)c1)c1ccc(C(=O)OC)s1. The molecule has 1 heterocycles. The molecule has 0 saturated carbocycles. The molecule has 0 bridgehead atoms. The van der Waals surface area contributed by atoms with Crippen molar-refractivity contribution in [3.8, 4) is 16.9 Å². The average molecular weight is 515 g/mol. The van der Waals surface area contributed by atoms with Crippen LogP contribution in [0.3, 0.4) is 0 Å². The zero-order valence-electron chi connectivity index (χ0n) is 20.6. The smallest absolute Gasteiger partial charge is 0.416 e. The van der Waals surface area contributed by atoms with Gasteiger partial charge in [-0.3, -0.25) is 0 Å². The normalized spacial score (nSPS) is 11.7. The highest BCUT2D eigenvalue weighted by Gasteiger charge is 2.34. The van der Waals surface area contributed by atoms with E-state index in [-0.39, 0.29) is 5.97 Å². The molecule has 36 heavy (non-hydrogen) atoms. The fraction of sp³-hybridized carbons (Fsp3) is 0.276. The van der Waals surface area contributed by atoms with Gasteiger partial charge in [0.2, 0.25) is 0 Å². The number of hydrogen-bond donors (Lipinski definition) is 0. The lowest BCUT2D eigenvalue weighted by atomic mass is 9.80. The second kappa shape index (κ2) is 11.2. The summed E-state index contributed by atoms with van der Waals surface area (Å²) in [6.07, 6.45) is 0.510. The minimum Gasteiger partial charge on any atom is -0.493 e. The molecule has 0 atom stereocenters. The molecule has 0 aliphatic carbocycles. The number of carbonyl (C=O) groups excluding carboxylic acids is 1. The van der Waals surface area contributed by atoms with Gasteiger partial charge in [0, 0.05) is 10.3 Å². The number of halogens is 3. The maximum absolute atomic E-state index is 13.0. The predicted molar refractivity (Wildman–Crippen MR) is 139 cm³/mol. The molecule has 190 valence electrons. The van der Waals surface area contributed by atoms with E-state index < -0.39 is 17.2 Å². The third kappa shape index (κ3) is 5.90. The molecule has 0 radical (unpaired) electrons. The van der Waals surface area contributed by atoms with Gasteiger partial charge < -0.3 is 9.47 Å². The average Bonchev–Trinajstić information content (AvgIpc) is 3.33. The number of benzene rings is 2. The van der Waals surface area contributed by atoms with Crippen LogP contribution < -0.4 is 4.74 Å². The fourth-order valence-corrected chi connectivity index (χ4v) is 5.49.